The maximum absolute atomic E-state index is 11.1. The molecule has 0 bridgehead atoms. The third-order valence-electron chi connectivity index (χ3n) is 2.56. The van der Waals surface area contributed by atoms with Gasteiger partial charge in [0.15, 0.2) is 6.10 Å². The highest BCUT2D eigenvalue weighted by atomic mass is 16.7. The highest BCUT2D eigenvalue weighted by Crippen LogP contribution is 2.29. The Balaban J connectivity index is 2.90. The highest BCUT2D eigenvalue weighted by molar-refractivity contribution is 5.68. The van der Waals surface area contributed by atoms with Crippen LogP contribution in [0.25, 0.3) is 0 Å². The molecule has 1 saturated heterocycles. The molecule has 1 aliphatic rings. The fraction of sp³-hybridized carbons (Fsp3) is 0.750. The number of carbonyl (C=O) groups is 3. The van der Waals surface area contributed by atoms with Crippen molar-refractivity contribution < 1.29 is 33.3 Å². The van der Waals surface area contributed by atoms with Gasteiger partial charge in [0.05, 0.1) is 0 Å². The Bertz CT molecular complexity index is 365. The van der Waals surface area contributed by atoms with E-state index in [0.29, 0.717) is 6.42 Å². The summed E-state index contributed by atoms with van der Waals surface area (Å²) in [6.45, 7) is 5.50. The lowest BCUT2D eigenvalue weighted by Crippen LogP contribution is -2.40. The van der Waals surface area contributed by atoms with Crippen molar-refractivity contribution in [2.75, 3.05) is 0 Å². The van der Waals surface area contributed by atoms with Crippen LogP contribution in [0.15, 0.2) is 0 Å². The molecule has 1 aliphatic heterocycles. The van der Waals surface area contributed by atoms with Crippen LogP contribution in [0.4, 0.5) is 0 Å². The molecule has 0 radical (unpaired) electrons. The molecule has 0 N–H and O–H groups in total. The Kier molecular flexibility index (Phi) is 5.29. The summed E-state index contributed by atoms with van der Waals surface area (Å²) in [5.74, 6) is -1.66. The van der Waals surface area contributed by atoms with Crippen molar-refractivity contribution in [3.05, 3.63) is 0 Å². The predicted molar refractivity (Wildman–Crippen MR) is 61.8 cm³/mol. The maximum atomic E-state index is 11.1. The van der Waals surface area contributed by atoms with Crippen molar-refractivity contribution in [2.24, 2.45) is 0 Å². The molecule has 0 aromatic heterocycles. The van der Waals surface area contributed by atoms with E-state index in [-0.39, 0.29) is 0 Å². The van der Waals surface area contributed by atoms with Crippen LogP contribution in [0.2, 0.25) is 0 Å². The molecule has 0 saturated carbocycles. The summed E-state index contributed by atoms with van der Waals surface area (Å²) in [4.78, 5) is 33.2. The van der Waals surface area contributed by atoms with Crippen LogP contribution in [0.5, 0.6) is 0 Å². The van der Waals surface area contributed by atoms with Gasteiger partial charge in [-0.2, -0.15) is 0 Å². The summed E-state index contributed by atoms with van der Waals surface area (Å²) in [5, 5.41) is 0. The molecule has 0 aliphatic carbocycles. The van der Waals surface area contributed by atoms with E-state index in [4.69, 9.17) is 18.9 Å². The number of esters is 3. The summed E-state index contributed by atoms with van der Waals surface area (Å²) >= 11 is 0. The molecular formula is C12H18O7. The average molecular weight is 274 g/mol. The first-order valence-electron chi connectivity index (χ1n) is 6.02. The lowest BCUT2D eigenvalue weighted by atomic mass is 10.1. The minimum Gasteiger partial charge on any atom is -0.456 e. The molecule has 1 rings (SSSR count). The van der Waals surface area contributed by atoms with Gasteiger partial charge in [-0.05, 0) is 6.42 Å². The second-order valence-electron chi connectivity index (χ2n) is 4.21. The van der Waals surface area contributed by atoms with Gasteiger partial charge in [0.2, 0.25) is 12.4 Å². The summed E-state index contributed by atoms with van der Waals surface area (Å²) in [5.41, 5.74) is 0. The van der Waals surface area contributed by atoms with E-state index in [1.54, 1.807) is 0 Å². The number of carbonyl (C=O) groups excluding carboxylic acids is 3. The summed E-state index contributed by atoms with van der Waals surface area (Å²) in [7, 11) is 0. The van der Waals surface area contributed by atoms with Gasteiger partial charge in [0.1, 0.15) is 6.10 Å². The zero-order valence-electron chi connectivity index (χ0n) is 11.4. The van der Waals surface area contributed by atoms with Crippen LogP contribution in [-0.4, -0.2) is 42.5 Å². The zero-order chi connectivity index (χ0) is 14.6. The molecule has 0 aromatic rings. The zero-order valence-corrected chi connectivity index (χ0v) is 11.4. The largest absolute Gasteiger partial charge is 0.456 e. The Hall–Kier alpha value is -1.63. The van der Waals surface area contributed by atoms with E-state index in [1.165, 1.54) is 20.8 Å². The van der Waals surface area contributed by atoms with E-state index in [2.05, 4.69) is 0 Å². The van der Waals surface area contributed by atoms with Crippen LogP contribution < -0.4 is 0 Å². The van der Waals surface area contributed by atoms with E-state index in [9.17, 15) is 14.4 Å². The molecule has 7 nitrogen and oxygen atoms in total. The third-order valence-corrected chi connectivity index (χ3v) is 2.56. The molecule has 19 heavy (non-hydrogen) atoms. The van der Waals surface area contributed by atoms with Crippen LogP contribution in [0.3, 0.4) is 0 Å². The van der Waals surface area contributed by atoms with Gasteiger partial charge in [0.25, 0.3) is 0 Å². The lowest BCUT2D eigenvalue weighted by Gasteiger charge is -2.22. The number of hydrogen-bond acceptors (Lipinski definition) is 7. The summed E-state index contributed by atoms with van der Waals surface area (Å²) in [6, 6.07) is 0. The number of rotatable bonds is 4. The van der Waals surface area contributed by atoms with Crippen molar-refractivity contribution in [3.63, 3.8) is 0 Å². The molecule has 1 heterocycles. The van der Waals surface area contributed by atoms with E-state index in [1.807, 2.05) is 6.92 Å². The second-order valence-corrected chi connectivity index (χ2v) is 4.21. The Morgan fingerprint density at radius 2 is 1.37 bits per heavy atom. The SMILES string of the molecule is CC[C@H]1OC(OC(C)=O)[C@@H](OC(C)=O)C1OC(C)=O. The van der Waals surface area contributed by atoms with Gasteiger partial charge in [-0.25, -0.2) is 0 Å². The van der Waals surface area contributed by atoms with Crippen LogP contribution >= 0.6 is 0 Å². The van der Waals surface area contributed by atoms with Gasteiger partial charge >= 0.3 is 17.9 Å². The summed E-state index contributed by atoms with van der Waals surface area (Å²) < 4.78 is 20.5. The molecule has 0 aromatic carbocycles. The minimum absolute atomic E-state index is 0.488. The molecule has 0 amide bonds. The van der Waals surface area contributed by atoms with Gasteiger partial charge in [0, 0.05) is 20.8 Å². The smallest absolute Gasteiger partial charge is 0.305 e. The molecular weight excluding hydrogens is 256 g/mol. The standard InChI is InChI=1S/C12H18O7/c1-5-9-10(16-6(2)13)11(17-7(3)14)12(19-9)18-8(4)15/h9-12H,5H2,1-4H3/t9-,10?,11+,12?/m1/s1. The monoisotopic (exact) mass is 274 g/mol. The van der Waals surface area contributed by atoms with E-state index < -0.39 is 42.5 Å². The average Bonchev–Trinajstić information content (AvgIpc) is 2.55. The summed E-state index contributed by atoms with van der Waals surface area (Å²) in [6.07, 6.45) is -2.76. The first kappa shape index (κ1) is 15.4. The van der Waals surface area contributed by atoms with Crippen molar-refractivity contribution in [1.82, 2.24) is 0 Å². The van der Waals surface area contributed by atoms with Gasteiger partial charge in [-0.3, -0.25) is 14.4 Å². The molecule has 108 valence electrons. The van der Waals surface area contributed by atoms with Crippen LogP contribution in [0.1, 0.15) is 34.1 Å². The fourth-order valence-electron chi connectivity index (χ4n) is 1.93. The molecule has 1 fully saturated rings. The normalized spacial score (nSPS) is 29.7. The molecule has 0 spiro atoms. The van der Waals surface area contributed by atoms with Crippen molar-refractivity contribution in [3.8, 4) is 0 Å². The Morgan fingerprint density at radius 1 is 0.895 bits per heavy atom. The molecule has 2 unspecified atom stereocenters. The lowest BCUT2D eigenvalue weighted by molar-refractivity contribution is -0.195. The van der Waals surface area contributed by atoms with E-state index >= 15 is 0 Å². The topological polar surface area (TPSA) is 88.1 Å². The predicted octanol–water partition coefficient (Wildman–Crippen LogP) is 0.548. The fourth-order valence-corrected chi connectivity index (χ4v) is 1.93. The van der Waals surface area contributed by atoms with Gasteiger partial charge in [-0.1, -0.05) is 6.92 Å². The Morgan fingerprint density at radius 3 is 1.79 bits per heavy atom. The first-order chi connectivity index (χ1) is 8.85. The van der Waals surface area contributed by atoms with Crippen molar-refractivity contribution in [1.29, 1.82) is 0 Å². The van der Waals surface area contributed by atoms with E-state index in [0.717, 1.165) is 0 Å². The van der Waals surface area contributed by atoms with Gasteiger partial charge in [-0.15, -0.1) is 0 Å². The number of ether oxygens (including phenoxy) is 4. The molecule has 7 heteroatoms. The number of hydrogen-bond donors (Lipinski definition) is 0. The maximum Gasteiger partial charge on any atom is 0.305 e. The van der Waals surface area contributed by atoms with Crippen molar-refractivity contribution in [2.45, 2.75) is 58.7 Å². The quantitative estimate of drug-likeness (QED) is 0.546. The minimum atomic E-state index is -1.06. The molecule has 4 atom stereocenters. The second kappa shape index (κ2) is 6.51. The van der Waals surface area contributed by atoms with Crippen LogP contribution in [-0.2, 0) is 33.3 Å². The first-order valence-corrected chi connectivity index (χ1v) is 6.02. The van der Waals surface area contributed by atoms with Crippen LogP contribution in [0, 0.1) is 0 Å². The highest BCUT2D eigenvalue weighted by Gasteiger charge is 2.50. The third kappa shape index (κ3) is 4.20. The Labute approximate surface area is 111 Å². The van der Waals surface area contributed by atoms with Crippen molar-refractivity contribution >= 4 is 17.9 Å². The van der Waals surface area contributed by atoms with Gasteiger partial charge < -0.3 is 18.9 Å².